The number of nitro groups is 1. The number of aldehydes is 1. The van der Waals surface area contributed by atoms with E-state index in [1.165, 1.54) is 19.2 Å². The molecule has 0 aliphatic carbocycles. The van der Waals surface area contributed by atoms with Crippen molar-refractivity contribution in [1.82, 2.24) is 0 Å². The fourth-order valence-electron chi connectivity index (χ4n) is 0.961. The van der Waals surface area contributed by atoms with Crippen LogP contribution in [0.15, 0.2) is 17.0 Å². The monoisotopic (exact) mass is 213 g/mol. The normalized spacial score (nSPS) is 9.57. The third-order valence-electron chi connectivity index (χ3n) is 1.65. The zero-order chi connectivity index (χ0) is 10.7. The van der Waals surface area contributed by atoms with Crippen LogP contribution in [0, 0.1) is 10.1 Å². The van der Waals surface area contributed by atoms with E-state index in [4.69, 9.17) is 4.74 Å². The van der Waals surface area contributed by atoms with Crippen molar-refractivity contribution in [2.45, 2.75) is 4.90 Å². The van der Waals surface area contributed by atoms with E-state index in [2.05, 4.69) is 12.6 Å². The van der Waals surface area contributed by atoms with Crippen molar-refractivity contribution in [2.75, 3.05) is 7.11 Å². The molecule has 6 heteroatoms. The highest BCUT2D eigenvalue weighted by Crippen LogP contribution is 2.30. The van der Waals surface area contributed by atoms with Crippen LogP contribution in [0.5, 0.6) is 5.75 Å². The number of methoxy groups -OCH3 is 1. The van der Waals surface area contributed by atoms with Gasteiger partial charge in [-0.15, -0.1) is 12.6 Å². The molecule has 1 rings (SSSR count). The maximum atomic E-state index is 10.5. The summed E-state index contributed by atoms with van der Waals surface area (Å²) in [7, 11) is 1.37. The highest BCUT2D eigenvalue weighted by molar-refractivity contribution is 7.80. The molecular formula is C8H7NO4S. The third kappa shape index (κ3) is 1.85. The predicted octanol–water partition coefficient (Wildman–Crippen LogP) is 1.70. The van der Waals surface area contributed by atoms with Crippen molar-refractivity contribution in [3.05, 3.63) is 27.8 Å². The first-order valence-electron chi connectivity index (χ1n) is 3.60. The van der Waals surface area contributed by atoms with Crippen LogP contribution < -0.4 is 4.74 Å². The van der Waals surface area contributed by atoms with E-state index in [9.17, 15) is 14.9 Å². The Hall–Kier alpha value is -1.56. The van der Waals surface area contributed by atoms with Crippen molar-refractivity contribution in [1.29, 1.82) is 0 Å². The number of hydrogen-bond donors (Lipinski definition) is 1. The van der Waals surface area contributed by atoms with Crippen molar-refractivity contribution >= 4 is 24.6 Å². The Balaban J connectivity index is 3.41. The Bertz CT molecular complexity index is 391. The van der Waals surface area contributed by atoms with E-state index in [-0.39, 0.29) is 21.9 Å². The first-order valence-corrected chi connectivity index (χ1v) is 4.05. The molecule has 0 aromatic heterocycles. The zero-order valence-corrected chi connectivity index (χ0v) is 8.15. The lowest BCUT2D eigenvalue weighted by Crippen LogP contribution is -1.95. The molecule has 0 aliphatic heterocycles. The third-order valence-corrected chi connectivity index (χ3v) is 2.14. The van der Waals surface area contributed by atoms with Gasteiger partial charge in [0.05, 0.1) is 23.0 Å². The highest BCUT2D eigenvalue weighted by atomic mass is 32.1. The van der Waals surface area contributed by atoms with Gasteiger partial charge in [-0.05, 0) is 6.07 Å². The number of hydrogen-bond acceptors (Lipinski definition) is 5. The molecule has 0 atom stereocenters. The molecule has 0 saturated carbocycles. The molecule has 0 N–H and O–H groups in total. The van der Waals surface area contributed by atoms with Crippen LogP contribution in [0.25, 0.3) is 0 Å². The second-order valence-corrected chi connectivity index (χ2v) is 2.91. The van der Waals surface area contributed by atoms with Gasteiger partial charge in [0.1, 0.15) is 5.75 Å². The van der Waals surface area contributed by atoms with Crippen LogP contribution in [0.4, 0.5) is 5.69 Å². The number of rotatable bonds is 3. The molecule has 1 aromatic rings. The van der Waals surface area contributed by atoms with E-state index in [1.807, 2.05) is 0 Å². The Labute approximate surface area is 85.2 Å². The Morgan fingerprint density at radius 2 is 2.21 bits per heavy atom. The molecule has 0 spiro atoms. The van der Waals surface area contributed by atoms with Gasteiger partial charge in [-0.2, -0.15) is 0 Å². The zero-order valence-electron chi connectivity index (χ0n) is 7.26. The quantitative estimate of drug-likeness (QED) is 0.359. The van der Waals surface area contributed by atoms with Crippen molar-refractivity contribution in [2.24, 2.45) is 0 Å². The molecule has 5 nitrogen and oxygen atoms in total. The fraction of sp³-hybridized carbons (Fsp3) is 0.125. The second kappa shape index (κ2) is 4.10. The molecule has 0 heterocycles. The molecule has 0 bridgehead atoms. The lowest BCUT2D eigenvalue weighted by atomic mass is 10.2. The minimum Gasteiger partial charge on any atom is -0.496 e. The molecule has 0 unspecified atom stereocenters. The van der Waals surface area contributed by atoms with E-state index < -0.39 is 4.92 Å². The molecule has 0 aliphatic rings. The van der Waals surface area contributed by atoms with Gasteiger partial charge in [-0.1, -0.05) is 0 Å². The number of carbonyl (C=O) groups is 1. The largest absolute Gasteiger partial charge is 0.496 e. The SMILES string of the molecule is COc1cc(C=O)c(S)c([N+](=O)[O-])c1. The second-order valence-electron chi connectivity index (χ2n) is 2.46. The summed E-state index contributed by atoms with van der Waals surface area (Å²) in [6, 6.07) is 2.61. The smallest absolute Gasteiger partial charge is 0.287 e. The Kier molecular flexibility index (Phi) is 3.08. The van der Waals surface area contributed by atoms with Crippen LogP contribution in [-0.2, 0) is 0 Å². The van der Waals surface area contributed by atoms with Gasteiger partial charge in [0, 0.05) is 5.56 Å². The average molecular weight is 213 g/mol. The summed E-state index contributed by atoms with van der Waals surface area (Å²) in [5, 5.41) is 10.5. The van der Waals surface area contributed by atoms with Crippen molar-refractivity contribution < 1.29 is 14.5 Å². The summed E-state index contributed by atoms with van der Waals surface area (Å²) in [5.74, 6) is 0.261. The lowest BCUT2D eigenvalue weighted by Gasteiger charge is -2.03. The van der Waals surface area contributed by atoms with Gasteiger partial charge < -0.3 is 4.74 Å². The van der Waals surface area contributed by atoms with Crippen LogP contribution in [-0.4, -0.2) is 18.3 Å². The summed E-state index contributed by atoms with van der Waals surface area (Å²) in [6.45, 7) is 0. The highest BCUT2D eigenvalue weighted by Gasteiger charge is 2.16. The summed E-state index contributed by atoms with van der Waals surface area (Å²) in [5.41, 5.74) is -0.103. The van der Waals surface area contributed by atoms with E-state index in [0.717, 1.165) is 0 Å². The Morgan fingerprint density at radius 1 is 1.57 bits per heavy atom. The predicted molar refractivity (Wildman–Crippen MR) is 52.3 cm³/mol. The summed E-state index contributed by atoms with van der Waals surface area (Å²) in [6.07, 6.45) is 0.498. The topological polar surface area (TPSA) is 69.4 Å². The maximum Gasteiger partial charge on any atom is 0.287 e. The van der Waals surface area contributed by atoms with Crippen LogP contribution in [0.1, 0.15) is 10.4 Å². The number of carbonyl (C=O) groups excluding carboxylic acids is 1. The van der Waals surface area contributed by atoms with Crippen LogP contribution in [0.3, 0.4) is 0 Å². The van der Waals surface area contributed by atoms with Crippen molar-refractivity contribution in [3.8, 4) is 5.75 Å². The first kappa shape index (κ1) is 10.5. The summed E-state index contributed by atoms with van der Waals surface area (Å²) >= 11 is 3.89. The minimum atomic E-state index is -0.613. The lowest BCUT2D eigenvalue weighted by molar-refractivity contribution is -0.387. The fourth-order valence-corrected chi connectivity index (χ4v) is 1.22. The summed E-state index contributed by atoms with van der Waals surface area (Å²) in [4.78, 5) is 20.5. The average Bonchev–Trinajstić information content (AvgIpc) is 2.17. The number of nitrogens with zero attached hydrogens (tertiary/aromatic N) is 1. The molecule has 74 valence electrons. The van der Waals surface area contributed by atoms with Crippen LogP contribution >= 0.6 is 12.6 Å². The number of ether oxygens (including phenoxy) is 1. The number of nitro benzene ring substituents is 1. The summed E-state index contributed by atoms with van der Waals surface area (Å²) < 4.78 is 4.81. The maximum absolute atomic E-state index is 10.5. The standard InChI is InChI=1S/C8H7NO4S/c1-13-6-2-5(4-10)8(14)7(3-6)9(11)12/h2-4,14H,1H3. The molecule has 0 radical (unpaired) electrons. The van der Waals surface area contributed by atoms with Gasteiger partial charge in [0.2, 0.25) is 0 Å². The van der Waals surface area contributed by atoms with Gasteiger partial charge >= 0.3 is 0 Å². The first-order chi connectivity index (χ1) is 6.60. The molecule has 1 aromatic carbocycles. The van der Waals surface area contributed by atoms with Gasteiger partial charge in [-0.3, -0.25) is 14.9 Å². The van der Waals surface area contributed by atoms with Gasteiger partial charge in [-0.25, -0.2) is 0 Å². The van der Waals surface area contributed by atoms with E-state index in [1.54, 1.807) is 0 Å². The molecular weight excluding hydrogens is 206 g/mol. The molecule has 0 fully saturated rings. The van der Waals surface area contributed by atoms with Gasteiger partial charge in [0.15, 0.2) is 6.29 Å². The van der Waals surface area contributed by atoms with E-state index >= 15 is 0 Å². The van der Waals surface area contributed by atoms with E-state index in [0.29, 0.717) is 6.29 Å². The van der Waals surface area contributed by atoms with Crippen molar-refractivity contribution in [3.63, 3.8) is 0 Å². The minimum absolute atomic E-state index is 0.0470. The molecule has 14 heavy (non-hydrogen) atoms. The number of thiol groups is 1. The molecule has 0 amide bonds. The van der Waals surface area contributed by atoms with Gasteiger partial charge in [0.25, 0.3) is 5.69 Å². The molecule has 0 saturated heterocycles. The Morgan fingerprint density at radius 3 is 2.64 bits per heavy atom. The van der Waals surface area contributed by atoms with Crippen LogP contribution in [0.2, 0.25) is 0 Å². The number of benzene rings is 1.